The molecule has 0 spiro atoms. The molecule has 25 heavy (non-hydrogen) atoms. The summed E-state index contributed by atoms with van der Waals surface area (Å²) in [5.74, 6) is 0.364. The second kappa shape index (κ2) is 8.67. The van der Waals surface area contributed by atoms with Crippen molar-refractivity contribution >= 4 is 32.7 Å². The number of aromatic hydroxyl groups is 2. The first kappa shape index (κ1) is 24.1. The molecule has 2 rings (SSSR count). The summed E-state index contributed by atoms with van der Waals surface area (Å²) in [6.07, 6.45) is 1.58. The zero-order chi connectivity index (χ0) is 17.4. The maximum absolute atomic E-state index is 10.8. The summed E-state index contributed by atoms with van der Waals surface area (Å²) < 4.78 is 1.39. The van der Waals surface area contributed by atoms with Gasteiger partial charge in [-0.1, -0.05) is 0 Å². The Labute approximate surface area is 170 Å². The number of nitrogens with zero attached hydrogens (tertiary/aromatic N) is 3. The van der Waals surface area contributed by atoms with Gasteiger partial charge in [-0.2, -0.15) is 0 Å². The average molecular weight is 422 g/mol. The van der Waals surface area contributed by atoms with Crippen molar-refractivity contribution in [3.63, 3.8) is 0 Å². The zero-order valence-corrected chi connectivity index (χ0v) is 18.5. The SMILES string of the molecule is CC(C)(C)c1cc(C(C)(C)C)c(O)[c]([Ti][c]2ccnnn2)c1O.Cl.Cl. The first-order valence-electron chi connectivity index (χ1n) is 7.53. The molecule has 138 valence electrons. The van der Waals surface area contributed by atoms with Crippen LogP contribution in [0.15, 0.2) is 18.3 Å². The van der Waals surface area contributed by atoms with E-state index >= 15 is 0 Å². The number of aromatic nitrogens is 3. The summed E-state index contributed by atoms with van der Waals surface area (Å²) in [6, 6.07) is 3.71. The Bertz CT molecular complexity index is 676. The number of phenolic OH excluding ortho intramolecular Hbond substituents is 2. The third-order valence-electron chi connectivity index (χ3n) is 3.64. The largest absolute Gasteiger partial charge is 0.147 e. The monoisotopic (exact) mass is 421 g/mol. The van der Waals surface area contributed by atoms with Crippen molar-refractivity contribution in [1.82, 2.24) is 15.4 Å². The molecule has 0 aliphatic rings. The van der Waals surface area contributed by atoms with E-state index in [1.807, 2.05) is 6.07 Å². The van der Waals surface area contributed by atoms with E-state index in [4.69, 9.17) is 0 Å². The quantitative estimate of drug-likeness (QED) is 0.728. The van der Waals surface area contributed by atoms with Crippen molar-refractivity contribution < 1.29 is 29.4 Å². The smallest absolute Gasteiger partial charge is 0.147 e. The Morgan fingerprint density at radius 2 is 1.36 bits per heavy atom. The maximum Gasteiger partial charge on any atom is -0.147 e. The van der Waals surface area contributed by atoms with Crippen molar-refractivity contribution in [2.75, 3.05) is 0 Å². The van der Waals surface area contributed by atoms with Crippen molar-refractivity contribution in [1.29, 1.82) is 0 Å². The van der Waals surface area contributed by atoms with E-state index in [-0.39, 0.29) is 47.1 Å². The van der Waals surface area contributed by atoms with Crippen molar-refractivity contribution in [2.24, 2.45) is 0 Å². The molecule has 8 heteroatoms. The molecule has 0 saturated carbocycles. The number of halogens is 2. The molecule has 0 unspecified atom stereocenters. The van der Waals surface area contributed by atoms with Gasteiger partial charge in [-0.25, -0.2) is 0 Å². The maximum atomic E-state index is 10.8. The fraction of sp³-hybridized carbons (Fsp3) is 0.471. The molecule has 1 aromatic carbocycles. The van der Waals surface area contributed by atoms with Crippen molar-refractivity contribution in [2.45, 2.75) is 52.4 Å². The molecule has 0 saturated heterocycles. The van der Waals surface area contributed by atoms with Gasteiger partial charge in [0.25, 0.3) is 0 Å². The minimum Gasteiger partial charge on any atom is -0.147 e. The fourth-order valence-electron chi connectivity index (χ4n) is 2.36. The topological polar surface area (TPSA) is 79.1 Å². The van der Waals surface area contributed by atoms with Gasteiger partial charge in [0, 0.05) is 0 Å². The number of hydrogen-bond donors (Lipinski definition) is 2. The van der Waals surface area contributed by atoms with Crippen LogP contribution in [0.4, 0.5) is 0 Å². The molecule has 0 fully saturated rings. The minimum atomic E-state index is -1.02. The van der Waals surface area contributed by atoms with E-state index in [9.17, 15) is 10.2 Å². The van der Waals surface area contributed by atoms with E-state index in [0.29, 0.717) is 3.87 Å². The van der Waals surface area contributed by atoms with Gasteiger partial charge in [-0.15, -0.1) is 24.8 Å². The van der Waals surface area contributed by atoms with E-state index < -0.39 is 19.2 Å². The van der Waals surface area contributed by atoms with Gasteiger partial charge >= 0.3 is 146 Å². The summed E-state index contributed by atoms with van der Waals surface area (Å²) in [7, 11) is 0. The first-order valence-corrected chi connectivity index (χ1v) is 9.09. The standard InChI is InChI=1S/C14H21O2.C3H2N3.2ClH.Ti/c1-13(2,3)9-7-10(14(4,5)6)12(16)8-11(9)15;1-2-4-6-5-3-1;;;/h7,15-16H,1-6H3;1-2H;2*1H;. The molecular formula is C17H25Cl2N3O2Ti. The van der Waals surface area contributed by atoms with E-state index in [0.717, 1.165) is 15.1 Å². The van der Waals surface area contributed by atoms with Crippen molar-refractivity contribution in [3.05, 3.63) is 29.5 Å². The number of phenols is 2. The predicted octanol–water partition coefficient (Wildman–Crippen LogP) is 2.75. The molecule has 2 N–H and O–H groups in total. The summed E-state index contributed by atoms with van der Waals surface area (Å²) in [4.78, 5) is 0. The minimum absolute atomic E-state index is 0. The fourth-order valence-corrected chi connectivity index (χ4v) is 3.94. The molecule has 0 bridgehead atoms. The number of hydrogen-bond acceptors (Lipinski definition) is 5. The van der Waals surface area contributed by atoms with Gasteiger partial charge in [-0.05, 0) is 0 Å². The molecule has 0 radical (unpaired) electrons. The van der Waals surface area contributed by atoms with Gasteiger partial charge in [0.15, 0.2) is 0 Å². The predicted molar refractivity (Wildman–Crippen MR) is 101 cm³/mol. The van der Waals surface area contributed by atoms with Gasteiger partial charge in [0.05, 0.1) is 0 Å². The summed E-state index contributed by atoms with van der Waals surface area (Å²) >= 11 is -1.02. The van der Waals surface area contributed by atoms with Crippen LogP contribution in [0.5, 0.6) is 11.5 Å². The molecule has 1 aromatic heterocycles. The van der Waals surface area contributed by atoms with Crippen LogP contribution >= 0.6 is 24.8 Å². The summed E-state index contributed by atoms with van der Waals surface area (Å²) in [5, 5.41) is 32.9. The van der Waals surface area contributed by atoms with Crippen LogP contribution in [0.1, 0.15) is 52.7 Å². The second-order valence-corrected chi connectivity index (χ2v) is 9.65. The molecule has 5 nitrogen and oxygen atoms in total. The van der Waals surface area contributed by atoms with Crippen LogP contribution in [0.25, 0.3) is 0 Å². The number of rotatable bonds is 2. The molecule has 1 heterocycles. The van der Waals surface area contributed by atoms with Crippen LogP contribution in [0.2, 0.25) is 0 Å². The Morgan fingerprint density at radius 1 is 0.880 bits per heavy atom. The summed E-state index contributed by atoms with van der Waals surface area (Å²) in [5.41, 5.74) is 1.26. The third kappa shape index (κ3) is 5.55. The number of benzene rings is 1. The summed E-state index contributed by atoms with van der Waals surface area (Å²) in [6.45, 7) is 12.3. The van der Waals surface area contributed by atoms with Gasteiger partial charge in [-0.3, -0.25) is 0 Å². The van der Waals surface area contributed by atoms with Crippen LogP contribution < -0.4 is 7.87 Å². The molecule has 0 aliphatic carbocycles. The normalized spacial score (nSPS) is 11.3. The Kier molecular flexibility index (Phi) is 8.37. The Balaban J connectivity index is 0.00000288. The van der Waals surface area contributed by atoms with Gasteiger partial charge < -0.3 is 0 Å². The molecule has 2 aromatic rings. The van der Waals surface area contributed by atoms with Crippen LogP contribution in [0, 0.1) is 0 Å². The van der Waals surface area contributed by atoms with Crippen LogP contribution in [0.3, 0.4) is 0 Å². The third-order valence-corrected chi connectivity index (χ3v) is 5.59. The molecular weight excluding hydrogens is 397 g/mol. The Morgan fingerprint density at radius 3 is 1.72 bits per heavy atom. The molecule has 0 amide bonds. The van der Waals surface area contributed by atoms with E-state index in [1.165, 1.54) is 0 Å². The van der Waals surface area contributed by atoms with E-state index in [2.05, 4.69) is 57.0 Å². The first-order chi connectivity index (χ1) is 10.5. The van der Waals surface area contributed by atoms with Crippen LogP contribution in [-0.2, 0) is 30.0 Å². The average Bonchev–Trinajstić information content (AvgIpc) is 2.41. The van der Waals surface area contributed by atoms with E-state index in [1.54, 1.807) is 12.3 Å². The van der Waals surface area contributed by atoms with Crippen LogP contribution in [-0.4, -0.2) is 25.6 Å². The molecule has 0 aliphatic heterocycles. The van der Waals surface area contributed by atoms with Gasteiger partial charge in [0.2, 0.25) is 0 Å². The Hall–Kier alpha value is -0.876. The zero-order valence-electron chi connectivity index (χ0n) is 15.3. The van der Waals surface area contributed by atoms with Crippen molar-refractivity contribution in [3.8, 4) is 11.5 Å². The van der Waals surface area contributed by atoms with Gasteiger partial charge in [0.1, 0.15) is 0 Å². The second-order valence-electron chi connectivity index (χ2n) is 7.67. The molecule has 0 atom stereocenters.